The molecule has 1 N–H and O–H groups in total. The van der Waals surface area contributed by atoms with Crippen LogP contribution in [0.3, 0.4) is 0 Å². The Hall–Kier alpha value is -1.59. The number of rotatable bonds is 7. The second-order valence-corrected chi connectivity index (χ2v) is 16.3. The fraction of sp³-hybridized carbons (Fsp3) is 0.921. The predicted molar refractivity (Wildman–Crippen MR) is 188 cm³/mol. The van der Waals surface area contributed by atoms with Crippen LogP contribution in [0.2, 0.25) is 0 Å². The third-order valence-electron chi connectivity index (χ3n) is 11.9. The normalized spacial score (nSPS) is 42.0. The Bertz CT molecular complexity index is 1090. The van der Waals surface area contributed by atoms with Gasteiger partial charge in [-0.2, -0.15) is 0 Å². The minimum absolute atomic E-state index is 0.0104. The Labute approximate surface area is 291 Å². The topological polar surface area (TPSA) is 116 Å². The number of nitrogens with zero attached hydrogens (tertiary/aromatic N) is 2. The predicted octanol–water partition coefficient (Wildman–Crippen LogP) is 6.41. The van der Waals surface area contributed by atoms with Crippen molar-refractivity contribution in [2.24, 2.45) is 40.2 Å². The van der Waals surface area contributed by atoms with Gasteiger partial charge in [0, 0.05) is 42.2 Å². The van der Waals surface area contributed by atoms with E-state index in [4.69, 9.17) is 28.9 Å². The van der Waals surface area contributed by atoms with Crippen LogP contribution in [0, 0.1) is 35.0 Å². The van der Waals surface area contributed by atoms with Crippen molar-refractivity contribution >= 4 is 17.5 Å². The number of Topliss-reactive ketones (excluding diaryl/α,β-unsaturated/α-hetero) is 1. The largest absolute Gasteiger partial charge is 0.461 e. The van der Waals surface area contributed by atoms with Gasteiger partial charge in [0.1, 0.15) is 18.1 Å². The fourth-order valence-corrected chi connectivity index (χ4v) is 8.53. The van der Waals surface area contributed by atoms with E-state index < -0.39 is 59.3 Å². The second-order valence-electron chi connectivity index (χ2n) is 16.3. The molecule has 2 heterocycles. The number of ether oxygens (including phenoxy) is 4. The van der Waals surface area contributed by atoms with E-state index in [1.807, 2.05) is 48.5 Å². The quantitative estimate of drug-likeness (QED) is 0.185. The van der Waals surface area contributed by atoms with Gasteiger partial charge >= 0.3 is 5.97 Å². The van der Waals surface area contributed by atoms with Crippen LogP contribution in [0.4, 0.5) is 0 Å². The van der Waals surface area contributed by atoms with E-state index in [0.29, 0.717) is 12.8 Å². The molecule has 4 unspecified atom stereocenters. The molecule has 1 aliphatic carbocycles. The van der Waals surface area contributed by atoms with Crippen LogP contribution in [0.25, 0.3) is 0 Å². The first-order valence-corrected chi connectivity index (χ1v) is 18.6. The molecular weight excluding hydrogens is 612 g/mol. The van der Waals surface area contributed by atoms with Crippen molar-refractivity contribution in [2.45, 2.75) is 169 Å². The summed E-state index contributed by atoms with van der Waals surface area (Å²) in [7, 11) is 5.77. The number of esters is 1. The molecule has 0 aromatic rings. The molecule has 10 heteroatoms. The summed E-state index contributed by atoms with van der Waals surface area (Å²) in [6.07, 6.45) is 4.20. The van der Waals surface area contributed by atoms with Crippen molar-refractivity contribution < 1.29 is 38.5 Å². The summed E-state index contributed by atoms with van der Waals surface area (Å²) in [6.45, 7) is 19.4. The first-order valence-electron chi connectivity index (χ1n) is 18.6. The molecule has 0 aromatic carbocycles. The van der Waals surface area contributed by atoms with Gasteiger partial charge in [-0.15, -0.1) is 0 Å². The molecule has 0 radical (unpaired) electrons. The Kier molecular flexibility index (Phi) is 14.5. The molecule has 0 aromatic heterocycles. The van der Waals surface area contributed by atoms with Gasteiger partial charge in [0.05, 0.1) is 29.6 Å². The zero-order chi connectivity index (χ0) is 36.1. The molecule has 278 valence electrons. The van der Waals surface area contributed by atoms with Crippen LogP contribution >= 0.6 is 0 Å². The summed E-state index contributed by atoms with van der Waals surface area (Å²) in [5.41, 5.74) is -1.12. The van der Waals surface area contributed by atoms with E-state index in [0.717, 1.165) is 37.8 Å². The number of cyclic esters (lactones) is 1. The number of oxime groups is 1. The van der Waals surface area contributed by atoms with Gasteiger partial charge in [0.2, 0.25) is 0 Å². The van der Waals surface area contributed by atoms with E-state index >= 15 is 0 Å². The van der Waals surface area contributed by atoms with Crippen molar-refractivity contribution in [3.05, 3.63) is 0 Å². The van der Waals surface area contributed by atoms with Gasteiger partial charge in [-0.05, 0) is 79.8 Å². The van der Waals surface area contributed by atoms with Crippen molar-refractivity contribution in [1.82, 2.24) is 4.90 Å². The van der Waals surface area contributed by atoms with E-state index in [9.17, 15) is 14.7 Å². The monoisotopic (exact) mass is 680 g/mol. The zero-order valence-corrected chi connectivity index (χ0v) is 32.3. The highest BCUT2D eigenvalue weighted by Gasteiger charge is 2.50. The highest BCUT2D eigenvalue weighted by molar-refractivity contribution is 6.00. The lowest BCUT2D eigenvalue weighted by Gasteiger charge is -2.48. The molecule has 3 fully saturated rings. The van der Waals surface area contributed by atoms with E-state index in [1.54, 1.807) is 14.0 Å². The number of carbonyl (C=O) groups excluding carboxylic acids is 2. The van der Waals surface area contributed by atoms with E-state index in [1.165, 1.54) is 6.42 Å². The SMILES string of the molecule is CC[C@H]1OC(=O)[C@H](C)C(=O)[C@H](C)[C@@H](OC2OC(C)CC(N(C)C)C2C)[C@](C)(OC)C[C@@H](C)/C(=N/OC2CCCCC2)[C@H](C)[C@@H](O)C1(C)C. The molecule has 3 rings (SSSR count). The molecule has 0 bridgehead atoms. The lowest BCUT2D eigenvalue weighted by atomic mass is 9.70. The number of aliphatic hydroxyl groups excluding tert-OH is 1. The molecule has 12 atom stereocenters. The molecule has 10 nitrogen and oxygen atoms in total. The lowest BCUT2D eigenvalue weighted by molar-refractivity contribution is -0.280. The summed E-state index contributed by atoms with van der Waals surface area (Å²) in [4.78, 5) is 36.3. The average Bonchev–Trinajstić information content (AvgIpc) is 3.05. The van der Waals surface area contributed by atoms with Crippen molar-refractivity contribution in [3.8, 4) is 0 Å². The smallest absolute Gasteiger partial charge is 0.316 e. The first kappa shape index (κ1) is 40.8. The van der Waals surface area contributed by atoms with Crippen LogP contribution in [-0.2, 0) is 33.4 Å². The number of hydrogen-bond acceptors (Lipinski definition) is 10. The van der Waals surface area contributed by atoms with E-state index in [-0.39, 0.29) is 35.9 Å². The minimum atomic E-state index is -1.04. The highest BCUT2D eigenvalue weighted by Crippen LogP contribution is 2.41. The summed E-state index contributed by atoms with van der Waals surface area (Å²) < 4.78 is 25.7. The van der Waals surface area contributed by atoms with Gasteiger partial charge in [-0.1, -0.05) is 60.0 Å². The maximum atomic E-state index is 14.2. The number of aliphatic hydroxyl groups is 1. The Morgan fingerprint density at radius 2 is 1.60 bits per heavy atom. The van der Waals surface area contributed by atoms with Gasteiger partial charge in [0.15, 0.2) is 12.1 Å². The van der Waals surface area contributed by atoms with Crippen LogP contribution in [-0.4, -0.2) is 97.1 Å². The molecule has 3 aliphatic rings. The van der Waals surface area contributed by atoms with Crippen molar-refractivity contribution in [3.63, 3.8) is 0 Å². The van der Waals surface area contributed by atoms with Crippen LogP contribution < -0.4 is 0 Å². The molecule has 48 heavy (non-hydrogen) atoms. The Morgan fingerprint density at radius 1 is 0.979 bits per heavy atom. The molecular formula is C38H68N2O8. The standard InChI is InChI=1S/C38H68N2O8/c1-14-30-37(8,9)33(42)25(5)31(39-48-28-18-16-15-17-19-28)22(2)21-38(10,44-13)34(26(6)32(41)27(7)35(43)46-30)47-36-24(4)29(40(11)12)20-23(3)45-36/h22-30,33-34,36,42H,14-21H2,1-13H3/b39-31-/t22-,23?,24?,25+,26+,27-,29?,30-,33-,34-,36?,38-/m1/s1. The van der Waals surface area contributed by atoms with Gasteiger partial charge in [0.25, 0.3) is 0 Å². The molecule has 0 amide bonds. The van der Waals surface area contributed by atoms with Gasteiger partial charge in [-0.3, -0.25) is 9.59 Å². The molecule has 0 spiro atoms. The summed E-state index contributed by atoms with van der Waals surface area (Å²) in [5, 5.41) is 16.8. The third-order valence-corrected chi connectivity index (χ3v) is 11.9. The number of hydrogen-bond donors (Lipinski definition) is 1. The summed E-state index contributed by atoms with van der Waals surface area (Å²) >= 11 is 0. The highest BCUT2D eigenvalue weighted by atomic mass is 16.7. The van der Waals surface area contributed by atoms with E-state index in [2.05, 4.69) is 32.8 Å². The number of ketones is 1. The second kappa shape index (κ2) is 17.1. The Balaban J connectivity index is 2.14. The van der Waals surface area contributed by atoms with Crippen molar-refractivity contribution in [2.75, 3.05) is 21.2 Å². The van der Waals surface area contributed by atoms with Crippen LogP contribution in [0.1, 0.15) is 121 Å². The van der Waals surface area contributed by atoms with Crippen LogP contribution in [0.15, 0.2) is 5.16 Å². The number of methoxy groups -OCH3 is 1. The maximum absolute atomic E-state index is 14.2. The minimum Gasteiger partial charge on any atom is -0.461 e. The zero-order valence-electron chi connectivity index (χ0n) is 32.3. The average molecular weight is 681 g/mol. The fourth-order valence-electron chi connectivity index (χ4n) is 8.53. The Morgan fingerprint density at radius 3 is 2.17 bits per heavy atom. The molecule has 2 saturated heterocycles. The molecule has 2 aliphatic heterocycles. The van der Waals surface area contributed by atoms with Crippen LogP contribution in [0.5, 0.6) is 0 Å². The number of carbonyl (C=O) groups is 2. The summed E-state index contributed by atoms with van der Waals surface area (Å²) in [5.74, 6) is -3.28. The molecule has 1 saturated carbocycles. The maximum Gasteiger partial charge on any atom is 0.316 e. The van der Waals surface area contributed by atoms with Gasteiger partial charge in [-0.25, -0.2) is 0 Å². The first-order chi connectivity index (χ1) is 22.4. The van der Waals surface area contributed by atoms with Gasteiger partial charge < -0.3 is 33.8 Å². The third kappa shape index (κ3) is 9.19. The summed E-state index contributed by atoms with van der Waals surface area (Å²) in [6, 6.07) is 0.220. The lowest BCUT2D eigenvalue weighted by Crippen LogP contribution is -2.57. The van der Waals surface area contributed by atoms with Crippen molar-refractivity contribution in [1.29, 1.82) is 0 Å².